The van der Waals surface area contributed by atoms with E-state index in [0.29, 0.717) is 11.3 Å². The molecule has 29 heavy (non-hydrogen) atoms. The number of hydrogen-bond donors (Lipinski definition) is 0. The van der Waals surface area contributed by atoms with Gasteiger partial charge < -0.3 is 9.42 Å². The lowest BCUT2D eigenvalue weighted by Gasteiger charge is -2.47. The van der Waals surface area contributed by atoms with E-state index in [9.17, 15) is 9.18 Å². The van der Waals surface area contributed by atoms with Gasteiger partial charge in [0.25, 0.3) is 0 Å². The van der Waals surface area contributed by atoms with Crippen LogP contribution < -0.4 is 0 Å². The fraction of sp³-hybridized carbons (Fsp3) is 0.565. The van der Waals surface area contributed by atoms with Gasteiger partial charge in [0.15, 0.2) is 0 Å². The molecular weight excluding hydrogens is 369 g/mol. The first-order valence-corrected chi connectivity index (χ1v) is 10.8. The highest BCUT2D eigenvalue weighted by Gasteiger charge is 2.47. The molecular formula is C23H28FN3O2. The first-order chi connectivity index (χ1) is 14.1. The number of hydrogen-bond acceptors (Lipinski definition) is 4. The maximum Gasteiger partial charge on any atom is 0.226 e. The first-order valence-electron chi connectivity index (χ1n) is 10.8. The third kappa shape index (κ3) is 3.95. The van der Waals surface area contributed by atoms with E-state index in [4.69, 9.17) is 4.52 Å². The summed E-state index contributed by atoms with van der Waals surface area (Å²) in [5.41, 5.74) is 2.50. The number of aromatic nitrogens is 1. The van der Waals surface area contributed by atoms with Crippen molar-refractivity contribution in [3.63, 3.8) is 0 Å². The summed E-state index contributed by atoms with van der Waals surface area (Å²) in [6.45, 7) is 4.82. The zero-order valence-electron chi connectivity index (χ0n) is 16.7. The van der Waals surface area contributed by atoms with Gasteiger partial charge in [0.1, 0.15) is 12.1 Å². The molecule has 2 aliphatic heterocycles. The fourth-order valence-corrected chi connectivity index (χ4v) is 5.22. The van der Waals surface area contributed by atoms with Gasteiger partial charge in [0.2, 0.25) is 5.91 Å². The summed E-state index contributed by atoms with van der Waals surface area (Å²) in [7, 11) is 0. The molecule has 0 radical (unpaired) electrons. The van der Waals surface area contributed by atoms with Crippen LogP contribution in [0.3, 0.4) is 0 Å². The predicted octanol–water partition coefficient (Wildman–Crippen LogP) is 3.82. The molecule has 154 valence electrons. The van der Waals surface area contributed by atoms with Crippen LogP contribution in [0.2, 0.25) is 0 Å². The summed E-state index contributed by atoms with van der Waals surface area (Å²) in [5, 5.41) is 4.02. The van der Waals surface area contributed by atoms with Gasteiger partial charge in [-0.1, -0.05) is 17.3 Å². The Morgan fingerprint density at radius 1 is 1.07 bits per heavy atom. The minimum Gasteiger partial charge on any atom is -0.364 e. The van der Waals surface area contributed by atoms with Gasteiger partial charge >= 0.3 is 0 Å². The van der Waals surface area contributed by atoms with Gasteiger partial charge in [-0.15, -0.1) is 0 Å². The van der Waals surface area contributed by atoms with Gasteiger partial charge in [0.05, 0.1) is 5.69 Å². The van der Waals surface area contributed by atoms with Crippen molar-refractivity contribution in [1.29, 1.82) is 0 Å². The van der Waals surface area contributed by atoms with Crippen molar-refractivity contribution in [1.82, 2.24) is 15.0 Å². The fourth-order valence-electron chi connectivity index (χ4n) is 5.22. The predicted molar refractivity (Wildman–Crippen MR) is 107 cm³/mol. The summed E-state index contributed by atoms with van der Waals surface area (Å²) in [5.74, 6) is 0.459. The third-order valence-electron chi connectivity index (χ3n) is 7.34. The highest BCUT2D eigenvalue weighted by Crippen LogP contribution is 2.49. The Morgan fingerprint density at radius 3 is 2.41 bits per heavy atom. The second-order valence-corrected chi connectivity index (χ2v) is 9.09. The minimum atomic E-state index is -0.217. The van der Waals surface area contributed by atoms with Crippen molar-refractivity contribution in [2.24, 2.45) is 11.3 Å². The number of carbonyl (C=O) groups excluding carboxylic acids is 1. The van der Waals surface area contributed by atoms with Gasteiger partial charge in [0, 0.05) is 31.6 Å². The van der Waals surface area contributed by atoms with E-state index in [2.05, 4.69) is 15.0 Å². The number of benzene rings is 1. The molecule has 2 atom stereocenters. The summed E-state index contributed by atoms with van der Waals surface area (Å²) in [6.07, 6.45) is 7.18. The maximum absolute atomic E-state index is 13.1. The highest BCUT2D eigenvalue weighted by molar-refractivity contribution is 5.83. The first kappa shape index (κ1) is 18.8. The largest absolute Gasteiger partial charge is 0.364 e. The Hall–Kier alpha value is -2.21. The van der Waals surface area contributed by atoms with Crippen LogP contribution in [0.15, 0.2) is 41.1 Å². The molecule has 1 spiro atoms. The average molecular weight is 397 g/mol. The van der Waals surface area contributed by atoms with Crippen LogP contribution in [0.5, 0.6) is 0 Å². The lowest BCUT2D eigenvalue weighted by molar-refractivity contribution is -0.135. The quantitative estimate of drug-likeness (QED) is 0.787. The molecule has 1 amide bonds. The summed E-state index contributed by atoms with van der Waals surface area (Å²) in [6, 6.07) is 8.58. The highest BCUT2D eigenvalue weighted by atomic mass is 19.1. The van der Waals surface area contributed by atoms with Crippen LogP contribution in [0.1, 0.15) is 49.3 Å². The van der Waals surface area contributed by atoms with Crippen LogP contribution >= 0.6 is 0 Å². The molecule has 1 aromatic carbocycles. The molecule has 3 aliphatic rings. The Bertz CT molecular complexity index is 834. The number of halogens is 1. The standard InChI is InChI=1S/C23H28FN3O2/c24-18-3-1-17(2-4-18)20-15-21(20)22(28)27-12-8-23(9-13-27)6-10-26(11-7-23)16-19-5-14-29-25-19/h1-5,14,20-21H,6-13,15-16H2/t20-,21+/m0/s1. The lowest BCUT2D eigenvalue weighted by Crippen LogP contribution is -2.48. The van der Waals surface area contributed by atoms with Crippen LogP contribution in [0, 0.1) is 17.2 Å². The Morgan fingerprint density at radius 2 is 1.76 bits per heavy atom. The van der Waals surface area contributed by atoms with Crippen molar-refractivity contribution >= 4 is 5.91 Å². The van der Waals surface area contributed by atoms with E-state index in [1.54, 1.807) is 6.26 Å². The third-order valence-corrected chi connectivity index (χ3v) is 7.34. The van der Waals surface area contributed by atoms with E-state index >= 15 is 0 Å². The minimum absolute atomic E-state index is 0.0961. The molecule has 1 saturated carbocycles. The molecule has 2 saturated heterocycles. The summed E-state index contributed by atoms with van der Waals surface area (Å²) in [4.78, 5) is 17.5. The van der Waals surface area contributed by atoms with Crippen LogP contribution in [0.25, 0.3) is 0 Å². The molecule has 3 heterocycles. The van der Waals surface area contributed by atoms with Crippen molar-refractivity contribution in [3.8, 4) is 0 Å². The molecule has 0 bridgehead atoms. The molecule has 3 fully saturated rings. The maximum atomic E-state index is 13.1. The number of rotatable bonds is 4. The molecule has 0 unspecified atom stereocenters. The Kier molecular flexibility index (Phi) is 4.90. The molecule has 6 heteroatoms. The topological polar surface area (TPSA) is 49.6 Å². The van der Waals surface area contributed by atoms with Crippen molar-refractivity contribution in [3.05, 3.63) is 53.7 Å². The van der Waals surface area contributed by atoms with Crippen molar-refractivity contribution in [2.75, 3.05) is 26.2 Å². The van der Waals surface area contributed by atoms with Crippen molar-refractivity contribution in [2.45, 2.75) is 44.6 Å². The molecule has 1 aromatic heterocycles. The van der Waals surface area contributed by atoms with Gasteiger partial charge in [-0.25, -0.2) is 4.39 Å². The number of likely N-dealkylation sites (tertiary alicyclic amines) is 2. The molecule has 0 N–H and O–H groups in total. The van der Waals surface area contributed by atoms with Crippen LogP contribution in [-0.4, -0.2) is 47.0 Å². The SMILES string of the molecule is O=C([C@@H]1C[C@H]1c1ccc(F)cc1)N1CCC2(CCN(Cc3ccon3)CC2)CC1. The number of carbonyl (C=O) groups is 1. The number of piperidine rings is 2. The number of amides is 1. The second-order valence-electron chi connectivity index (χ2n) is 9.09. The molecule has 5 rings (SSSR count). The van der Waals surface area contributed by atoms with Crippen LogP contribution in [0.4, 0.5) is 4.39 Å². The molecule has 2 aromatic rings. The van der Waals surface area contributed by atoms with E-state index < -0.39 is 0 Å². The van der Waals surface area contributed by atoms with Crippen molar-refractivity contribution < 1.29 is 13.7 Å². The van der Waals surface area contributed by atoms with E-state index in [1.807, 2.05) is 18.2 Å². The monoisotopic (exact) mass is 397 g/mol. The molecule has 1 aliphatic carbocycles. The smallest absolute Gasteiger partial charge is 0.226 e. The van der Waals surface area contributed by atoms with E-state index in [1.165, 1.54) is 25.0 Å². The van der Waals surface area contributed by atoms with Gasteiger partial charge in [-0.3, -0.25) is 9.69 Å². The Balaban J connectivity index is 1.10. The van der Waals surface area contributed by atoms with E-state index in [0.717, 1.165) is 63.2 Å². The summed E-state index contributed by atoms with van der Waals surface area (Å²) < 4.78 is 18.1. The average Bonchev–Trinajstić information content (AvgIpc) is 3.38. The van der Waals surface area contributed by atoms with Crippen LogP contribution in [-0.2, 0) is 11.3 Å². The van der Waals surface area contributed by atoms with E-state index in [-0.39, 0.29) is 17.7 Å². The zero-order valence-corrected chi connectivity index (χ0v) is 16.7. The Labute approximate surface area is 170 Å². The lowest BCUT2D eigenvalue weighted by atomic mass is 9.71. The van der Waals surface area contributed by atoms with Gasteiger partial charge in [-0.05, 0) is 74.2 Å². The second kappa shape index (κ2) is 7.56. The van der Waals surface area contributed by atoms with Gasteiger partial charge in [-0.2, -0.15) is 0 Å². The number of nitrogens with zero attached hydrogens (tertiary/aromatic N) is 3. The normalized spacial score (nSPS) is 26.6. The molecule has 5 nitrogen and oxygen atoms in total. The zero-order chi connectivity index (χ0) is 19.8. The summed E-state index contributed by atoms with van der Waals surface area (Å²) >= 11 is 0.